The fourth-order valence-corrected chi connectivity index (χ4v) is 4.65. The number of likely N-dealkylation sites (tertiary alicyclic amines) is 1. The molecule has 2 aromatic carbocycles. The predicted octanol–water partition coefficient (Wildman–Crippen LogP) is 4.33. The summed E-state index contributed by atoms with van der Waals surface area (Å²) in [6.45, 7) is 4.44. The molecule has 29 heavy (non-hydrogen) atoms. The summed E-state index contributed by atoms with van der Waals surface area (Å²) < 4.78 is 1.78. The molecule has 1 aliphatic heterocycles. The molecule has 1 amide bonds. The minimum absolute atomic E-state index is 0.0199. The summed E-state index contributed by atoms with van der Waals surface area (Å²) in [7, 11) is 0. The molecule has 0 N–H and O–H groups in total. The molecule has 0 unspecified atom stereocenters. The van der Waals surface area contributed by atoms with Gasteiger partial charge < -0.3 is 4.90 Å². The first-order valence-corrected chi connectivity index (χ1v) is 11.2. The van der Waals surface area contributed by atoms with Crippen LogP contribution in [0.25, 0.3) is 10.9 Å². The summed E-state index contributed by atoms with van der Waals surface area (Å²) >= 11 is 1.57. The maximum atomic E-state index is 12.9. The Balaban J connectivity index is 1.52. The number of carbonyl (C=O) groups is 1. The van der Waals surface area contributed by atoms with Crippen molar-refractivity contribution in [2.75, 3.05) is 13.1 Å². The topological polar surface area (TPSA) is 55.2 Å². The first-order chi connectivity index (χ1) is 14.2. The van der Waals surface area contributed by atoms with Crippen molar-refractivity contribution in [2.45, 2.75) is 43.6 Å². The highest BCUT2D eigenvalue weighted by molar-refractivity contribution is 7.98. The largest absolute Gasteiger partial charge is 0.339 e. The van der Waals surface area contributed by atoms with Crippen LogP contribution in [0, 0.1) is 0 Å². The van der Waals surface area contributed by atoms with Crippen LogP contribution < -0.4 is 5.56 Å². The molecular formula is C23H25N3O2S. The van der Waals surface area contributed by atoms with Crippen molar-refractivity contribution in [1.82, 2.24) is 14.5 Å². The Morgan fingerprint density at radius 3 is 2.52 bits per heavy atom. The molecule has 0 atom stereocenters. The zero-order valence-corrected chi connectivity index (χ0v) is 17.5. The quantitative estimate of drug-likeness (QED) is 0.451. The van der Waals surface area contributed by atoms with Crippen LogP contribution in [0.4, 0.5) is 0 Å². The van der Waals surface area contributed by atoms with E-state index in [0.717, 1.165) is 54.2 Å². The minimum atomic E-state index is 0.0199. The Morgan fingerprint density at radius 2 is 1.79 bits per heavy atom. The molecule has 1 saturated heterocycles. The molecule has 0 bridgehead atoms. The SMILES string of the molecule is CCCn1c(SCc2ccc(C(=O)N3CCCC3)cc2)nc2ccccc2c1=O. The van der Waals surface area contributed by atoms with Gasteiger partial charge in [-0.3, -0.25) is 14.2 Å². The Bertz CT molecular complexity index is 1070. The third kappa shape index (κ3) is 4.22. The number of hydrogen-bond donors (Lipinski definition) is 0. The summed E-state index contributed by atoms with van der Waals surface area (Å²) in [4.78, 5) is 32.0. The lowest BCUT2D eigenvalue weighted by Crippen LogP contribution is -2.27. The van der Waals surface area contributed by atoms with Gasteiger partial charge in [0.25, 0.3) is 11.5 Å². The van der Waals surface area contributed by atoms with Crippen LogP contribution in [0.5, 0.6) is 0 Å². The van der Waals surface area contributed by atoms with Gasteiger partial charge in [0.2, 0.25) is 0 Å². The van der Waals surface area contributed by atoms with Gasteiger partial charge in [0.05, 0.1) is 10.9 Å². The highest BCUT2D eigenvalue weighted by atomic mass is 32.2. The predicted molar refractivity (Wildman–Crippen MR) is 117 cm³/mol. The molecule has 150 valence electrons. The van der Waals surface area contributed by atoms with Gasteiger partial charge in [0.1, 0.15) is 0 Å². The van der Waals surface area contributed by atoms with Gasteiger partial charge in [-0.05, 0) is 49.1 Å². The number of carbonyl (C=O) groups excluding carboxylic acids is 1. The second kappa shape index (κ2) is 8.82. The number of nitrogens with zero attached hydrogens (tertiary/aromatic N) is 3. The van der Waals surface area contributed by atoms with Crippen molar-refractivity contribution in [3.63, 3.8) is 0 Å². The molecule has 4 rings (SSSR count). The van der Waals surface area contributed by atoms with Crippen molar-refractivity contribution in [3.05, 3.63) is 70.0 Å². The van der Waals surface area contributed by atoms with Crippen molar-refractivity contribution in [2.24, 2.45) is 0 Å². The molecule has 5 nitrogen and oxygen atoms in total. The van der Waals surface area contributed by atoms with Gasteiger partial charge in [0, 0.05) is 31.0 Å². The van der Waals surface area contributed by atoms with E-state index in [1.807, 2.05) is 53.4 Å². The molecule has 0 radical (unpaired) electrons. The molecule has 1 aromatic heterocycles. The summed E-state index contributed by atoms with van der Waals surface area (Å²) in [6, 6.07) is 15.3. The van der Waals surface area contributed by atoms with Crippen molar-refractivity contribution >= 4 is 28.6 Å². The molecule has 0 aliphatic carbocycles. The second-order valence-corrected chi connectivity index (χ2v) is 8.30. The normalized spacial score (nSPS) is 13.9. The Hall–Kier alpha value is -2.60. The van der Waals surface area contributed by atoms with Crippen LogP contribution in [0.2, 0.25) is 0 Å². The van der Waals surface area contributed by atoms with E-state index in [2.05, 4.69) is 6.92 Å². The second-order valence-electron chi connectivity index (χ2n) is 7.35. The maximum absolute atomic E-state index is 12.9. The number of thioether (sulfide) groups is 1. The number of hydrogen-bond acceptors (Lipinski definition) is 4. The minimum Gasteiger partial charge on any atom is -0.339 e. The number of rotatable bonds is 6. The van der Waals surface area contributed by atoms with Crippen LogP contribution in [0.3, 0.4) is 0 Å². The third-order valence-electron chi connectivity index (χ3n) is 5.24. The standard InChI is InChI=1S/C23H25N3O2S/c1-2-13-26-22(28)19-7-3-4-8-20(19)24-23(26)29-16-17-9-11-18(12-10-17)21(27)25-14-5-6-15-25/h3-4,7-12H,2,5-6,13-16H2,1H3. The Kier molecular flexibility index (Phi) is 6.00. The van der Waals surface area contributed by atoms with E-state index >= 15 is 0 Å². The highest BCUT2D eigenvalue weighted by Gasteiger charge is 2.19. The summed E-state index contributed by atoms with van der Waals surface area (Å²) in [6.07, 6.45) is 3.07. The summed E-state index contributed by atoms with van der Waals surface area (Å²) in [5, 5.41) is 1.41. The lowest BCUT2D eigenvalue weighted by molar-refractivity contribution is 0.0793. The van der Waals surface area contributed by atoms with Gasteiger partial charge in [-0.2, -0.15) is 0 Å². The Labute approximate surface area is 174 Å². The van der Waals surface area contributed by atoms with E-state index in [4.69, 9.17) is 4.98 Å². The van der Waals surface area contributed by atoms with Gasteiger partial charge >= 0.3 is 0 Å². The summed E-state index contributed by atoms with van der Waals surface area (Å²) in [5.41, 5.74) is 2.61. The van der Waals surface area contributed by atoms with E-state index < -0.39 is 0 Å². The van der Waals surface area contributed by atoms with Crippen molar-refractivity contribution in [3.8, 4) is 0 Å². The van der Waals surface area contributed by atoms with Crippen LogP contribution in [-0.4, -0.2) is 33.4 Å². The monoisotopic (exact) mass is 407 g/mol. The highest BCUT2D eigenvalue weighted by Crippen LogP contribution is 2.23. The van der Waals surface area contributed by atoms with E-state index in [9.17, 15) is 9.59 Å². The number of para-hydroxylation sites is 1. The van der Waals surface area contributed by atoms with E-state index in [0.29, 0.717) is 17.7 Å². The van der Waals surface area contributed by atoms with E-state index in [1.54, 1.807) is 16.3 Å². The average molecular weight is 408 g/mol. The fourth-order valence-electron chi connectivity index (χ4n) is 3.67. The molecule has 0 spiro atoms. The molecule has 0 saturated carbocycles. The number of aromatic nitrogens is 2. The van der Waals surface area contributed by atoms with Crippen molar-refractivity contribution < 1.29 is 4.79 Å². The number of benzene rings is 2. The van der Waals surface area contributed by atoms with Gasteiger partial charge in [0.15, 0.2) is 5.16 Å². The van der Waals surface area contributed by atoms with Crippen LogP contribution in [0.1, 0.15) is 42.1 Å². The maximum Gasteiger partial charge on any atom is 0.262 e. The smallest absolute Gasteiger partial charge is 0.262 e. The third-order valence-corrected chi connectivity index (χ3v) is 6.28. The van der Waals surface area contributed by atoms with Crippen molar-refractivity contribution in [1.29, 1.82) is 0 Å². The fraction of sp³-hybridized carbons (Fsp3) is 0.348. The molecule has 3 aromatic rings. The van der Waals surface area contributed by atoms with Crippen LogP contribution in [-0.2, 0) is 12.3 Å². The van der Waals surface area contributed by atoms with Gasteiger partial charge in [-0.1, -0.05) is 43.0 Å². The zero-order chi connectivity index (χ0) is 20.2. The molecule has 1 fully saturated rings. The molecule has 6 heteroatoms. The lowest BCUT2D eigenvalue weighted by Gasteiger charge is -2.15. The van der Waals surface area contributed by atoms with Gasteiger partial charge in [-0.25, -0.2) is 4.98 Å². The number of amides is 1. The zero-order valence-electron chi connectivity index (χ0n) is 16.6. The first kappa shape index (κ1) is 19.7. The van der Waals surface area contributed by atoms with E-state index in [1.165, 1.54) is 0 Å². The molecule has 2 heterocycles. The molecule has 1 aliphatic rings. The average Bonchev–Trinajstić information content (AvgIpc) is 3.29. The van der Waals surface area contributed by atoms with E-state index in [-0.39, 0.29) is 11.5 Å². The Morgan fingerprint density at radius 1 is 1.07 bits per heavy atom. The molecular weight excluding hydrogens is 382 g/mol. The lowest BCUT2D eigenvalue weighted by atomic mass is 10.1. The van der Waals surface area contributed by atoms with Gasteiger partial charge in [-0.15, -0.1) is 0 Å². The number of fused-ring (bicyclic) bond motifs is 1. The van der Waals surface area contributed by atoms with Crippen LogP contribution >= 0.6 is 11.8 Å². The summed E-state index contributed by atoms with van der Waals surface area (Å²) in [5.74, 6) is 0.821. The van der Waals surface area contributed by atoms with Crippen LogP contribution in [0.15, 0.2) is 58.5 Å². The first-order valence-electron chi connectivity index (χ1n) is 10.2.